The van der Waals surface area contributed by atoms with Crippen molar-refractivity contribution in [2.45, 2.75) is 45.2 Å². The van der Waals surface area contributed by atoms with E-state index >= 15 is 0 Å². The zero-order valence-corrected chi connectivity index (χ0v) is 11.4. The van der Waals surface area contributed by atoms with Gasteiger partial charge in [-0.2, -0.15) is 0 Å². The van der Waals surface area contributed by atoms with E-state index < -0.39 is 0 Å². The Morgan fingerprint density at radius 3 is 2.39 bits per heavy atom. The first-order chi connectivity index (χ1) is 8.79. The molecule has 2 heteroatoms. The van der Waals surface area contributed by atoms with Crippen LogP contribution in [-0.2, 0) is 6.54 Å². The lowest BCUT2D eigenvalue weighted by molar-refractivity contribution is 0.309. The molecule has 1 aliphatic carbocycles. The quantitative estimate of drug-likeness (QED) is 0.872. The summed E-state index contributed by atoms with van der Waals surface area (Å²) in [6.45, 7) is 6.01. The second kappa shape index (κ2) is 5.31. The number of benzene rings is 1. The minimum atomic E-state index is 0.712. The molecule has 0 radical (unpaired) electrons. The number of anilines is 1. The maximum atomic E-state index is 3.62. The van der Waals surface area contributed by atoms with E-state index in [2.05, 4.69) is 41.4 Å². The van der Waals surface area contributed by atoms with Crippen LogP contribution in [0.5, 0.6) is 0 Å². The number of hydrogen-bond acceptors (Lipinski definition) is 2. The van der Waals surface area contributed by atoms with Crippen LogP contribution in [0.15, 0.2) is 24.3 Å². The first kappa shape index (κ1) is 12.0. The van der Waals surface area contributed by atoms with E-state index in [-0.39, 0.29) is 0 Å². The summed E-state index contributed by atoms with van der Waals surface area (Å²) < 4.78 is 0. The van der Waals surface area contributed by atoms with Crippen molar-refractivity contribution in [1.82, 2.24) is 4.90 Å². The number of rotatable bonds is 4. The molecule has 1 aromatic carbocycles. The van der Waals surface area contributed by atoms with Crippen LogP contribution >= 0.6 is 0 Å². The molecule has 1 aromatic rings. The molecule has 18 heavy (non-hydrogen) atoms. The van der Waals surface area contributed by atoms with Gasteiger partial charge in [0.1, 0.15) is 0 Å². The normalized spacial score (nSPS) is 28.1. The third-order valence-electron chi connectivity index (χ3n) is 4.30. The van der Waals surface area contributed by atoms with Gasteiger partial charge in [-0.1, -0.05) is 19.1 Å². The Bertz CT molecular complexity index is 373. The highest BCUT2D eigenvalue weighted by atomic mass is 15.1. The highest BCUT2D eigenvalue weighted by molar-refractivity contribution is 5.45. The van der Waals surface area contributed by atoms with Crippen molar-refractivity contribution in [3.8, 4) is 0 Å². The Balaban J connectivity index is 1.52. The molecule has 1 heterocycles. The summed E-state index contributed by atoms with van der Waals surface area (Å²) in [5.74, 6) is 0.914. The van der Waals surface area contributed by atoms with Crippen molar-refractivity contribution in [2.24, 2.45) is 5.92 Å². The second-order valence-electron chi connectivity index (χ2n) is 6.10. The van der Waals surface area contributed by atoms with Gasteiger partial charge in [-0.15, -0.1) is 0 Å². The molecule has 0 unspecified atom stereocenters. The maximum absolute atomic E-state index is 3.62. The van der Waals surface area contributed by atoms with E-state index in [9.17, 15) is 0 Å². The second-order valence-corrected chi connectivity index (χ2v) is 6.10. The standard InChI is InChI=1S/C16H24N2/c1-13-10-16(11-13)17-15-6-4-14(5-7-15)12-18-8-2-3-9-18/h4-7,13,16-17H,2-3,8-12H2,1H3. The van der Waals surface area contributed by atoms with E-state index in [0.717, 1.165) is 12.5 Å². The average molecular weight is 244 g/mol. The van der Waals surface area contributed by atoms with Crippen LogP contribution in [0.1, 0.15) is 38.2 Å². The van der Waals surface area contributed by atoms with Crippen molar-refractivity contribution in [3.63, 3.8) is 0 Å². The van der Waals surface area contributed by atoms with Crippen LogP contribution in [0.4, 0.5) is 5.69 Å². The Morgan fingerprint density at radius 1 is 1.11 bits per heavy atom. The summed E-state index contributed by atoms with van der Waals surface area (Å²) in [4.78, 5) is 2.55. The third kappa shape index (κ3) is 2.86. The molecule has 1 saturated carbocycles. The molecule has 2 aliphatic rings. The summed E-state index contributed by atoms with van der Waals surface area (Å²) in [5, 5.41) is 3.62. The number of nitrogens with zero attached hydrogens (tertiary/aromatic N) is 1. The fourth-order valence-electron chi connectivity index (χ4n) is 3.16. The SMILES string of the molecule is CC1CC(Nc2ccc(CN3CCCC3)cc2)C1. The number of likely N-dealkylation sites (tertiary alicyclic amines) is 1. The molecule has 0 atom stereocenters. The van der Waals surface area contributed by atoms with Gasteiger partial charge in [0.05, 0.1) is 0 Å². The molecular formula is C16H24N2. The van der Waals surface area contributed by atoms with E-state index in [1.54, 1.807) is 0 Å². The van der Waals surface area contributed by atoms with Gasteiger partial charge in [0, 0.05) is 18.3 Å². The van der Waals surface area contributed by atoms with Crippen LogP contribution < -0.4 is 5.32 Å². The van der Waals surface area contributed by atoms with Crippen LogP contribution in [0.25, 0.3) is 0 Å². The van der Waals surface area contributed by atoms with Gasteiger partial charge in [0.25, 0.3) is 0 Å². The Kier molecular flexibility index (Phi) is 3.55. The summed E-state index contributed by atoms with van der Waals surface area (Å²) in [6.07, 6.45) is 5.41. The molecule has 2 nitrogen and oxygen atoms in total. The predicted octanol–water partition coefficient (Wildman–Crippen LogP) is 3.49. The summed E-state index contributed by atoms with van der Waals surface area (Å²) >= 11 is 0. The fraction of sp³-hybridized carbons (Fsp3) is 0.625. The van der Waals surface area contributed by atoms with E-state index in [0.29, 0.717) is 6.04 Å². The topological polar surface area (TPSA) is 15.3 Å². The molecule has 0 amide bonds. The fourth-order valence-corrected chi connectivity index (χ4v) is 3.16. The highest BCUT2D eigenvalue weighted by Crippen LogP contribution is 2.29. The van der Waals surface area contributed by atoms with E-state index in [4.69, 9.17) is 0 Å². The lowest BCUT2D eigenvalue weighted by Crippen LogP contribution is -2.33. The van der Waals surface area contributed by atoms with Crippen LogP contribution in [0, 0.1) is 5.92 Å². The average Bonchev–Trinajstić information content (AvgIpc) is 2.82. The van der Waals surface area contributed by atoms with Gasteiger partial charge in [-0.05, 0) is 62.4 Å². The predicted molar refractivity (Wildman–Crippen MR) is 76.8 cm³/mol. The van der Waals surface area contributed by atoms with E-state index in [1.807, 2.05) is 0 Å². The number of nitrogens with one attached hydrogen (secondary N) is 1. The van der Waals surface area contributed by atoms with Crippen LogP contribution in [-0.4, -0.2) is 24.0 Å². The monoisotopic (exact) mass is 244 g/mol. The van der Waals surface area contributed by atoms with Crippen LogP contribution in [0.2, 0.25) is 0 Å². The lowest BCUT2D eigenvalue weighted by Gasteiger charge is -2.34. The van der Waals surface area contributed by atoms with Crippen LogP contribution in [0.3, 0.4) is 0 Å². The summed E-state index contributed by atoms with van der Waals surface area (Å²) in [5.41, 5.74) is 2.74. The maximum Gasteiger partial charge on any atom is 0.0342 e. The molecule has 98 valence electrons. The zero-order valence-electron chi connectivity index (χ0n) is 11.4. The Hall–Kier alpha value is -1.02. The third-order valence-corrected chi connectivity index (χ3v) is 4.30. The molecule has 3 rings (SSSR count). The lowest BCUT2D eigenvalue weighted by atomic mass is 9.82. The van der Waals surface area contributed by atoms with Crippen molar-refractivity contribution >= 4 is 5.69 Å². The molecule has 0 aromatic heterocycles. The van der Waals surface area contributed by atoms with Gasteiger partial charge in [-0.3, -0.25) is 4.90 Å². The first-order valence-corrected chi connectivity index (χ1v) is 7.37. The van der Waals surface area contributed by atoms with Crippen molar-refractivity contribution in [2.75, 3.05) is 18.4 Å². The van der Waals surface area contributed by atoms with Crippen molar-refractivity contribution in [3.05, 3.63) is 29.8 Å². The molecular weight excluding hydrogens is 220 g/mol. The van der Waals surface area contributed by atoms with Gasteiger partial charge in [-0.25, -0.2) is 0 Å². The van der Waals surface area contributed by atoms with Gasteiger partial charge in [0.2, 0.25) is 0 Å². The largest absolute Gasteiger partial charge is 0.382 e. The molecule has 2 fully saturated rings. The van der Waals surface area contributed by atoms with Gasteiger partial charge >= 0.3 is 0 Å². The molecule has 1 N–H and O–H groups in total. The molecule has 1 aliphatic heterocycles. The highest BCUT2D eigenvalue weighted by Gasteiger charge is 2.24. The minimum absolute atomic E-state index is 0.712. The summed E-state index contributed by atoms with van der Waals surface area (Å²) in [7, 11) is 0. The van der Waals surface area contributed by atoms with Gasteiger partial charge < -0.3 is 5.32 Å². The number of hydrogen-bond donors (Lipinski definition) is 1. The van der Waals surface area contributed by atoms with E-state index in [1.165, 1.54) is 50.0 Å². The van der Waals surface area contributed by atoms with Gasteiger partial charge in [0.15, 0.2) is 0 Å². The smallest absolute Gasteiger partial charge is 0.0342 e. The minimum Gasteiger partial charge on any atom is -0.382 e. The molecule has 0 spiro atoms. The first-order valence-electron chi connectivity index (χ1n) is 7.37. The van der Waals surface area contributed by atoms with Crippen molar-refractivity contribution in [1.29, 1.82) is 0 Å². The molecule has 0 bridgehead atoms. The Morgan fingerprint density at radius 2 is 1.78 bits per heavy atom. The summed E-state index contributed by atoms with van der Waals surface area (Å²) in [6, 6.07) is 9.76. The Labute approximate surface area is 110 Å². The van der Waals surface area contributed by atoms with Crippen molar-refractivity contribution < 1.29 is 0 Å². The zero-order chi connectivity index (χ0) is 12.4. The molecule has 1 saturated heterocycles.